The fraction of sp³-hybridized carbons (Fsp3) is 1.00. The van der Waals surface area contributed by atoms with E-state index in [1.54, 1.807) is 0 Å². The third-order valence-corrected chi connectivity index (χ3v) is 2.11. The van der Waals surface area contributed by atoms with Crippen LogP contribution in [0.1, 0.15) is 19.3 Å². The van der Waals surface area contributed by atoms with Crippen LogP contribution in [-0.4, -0.2) is 23.6 Å². The van der Waals surface area contributed by atoms with E-state index in [0.29, 0.717) is 0 Å². The van der Waals surface area contributed by atoms with Crippen LogP contribution in [-0.2, 0) is 0 Å². The highest BCUT2D eigenvalue weighted by atomic mass is 19.4. The van der Waals surface area contributed by atoms with E-state index in [9.17, 15) is 17.6 Å². The third-order valence-electron chi connectivity index (χ3n) is 2.11. The molecule has 1 rings (SSSR count). The summed E-state index contributed by atoms with van der Waals surface area (Å²) in [4.78, 5) is 0. The van der Waals surface area contributed by atoms with Crippen molar-refractivity contribution in [2.24, 2.45) is 5.92 Å². The zero-order valence-electron chi connectivity index (χ0n) is 6.31. The maximum Gasteiger partial charge on any atom is 0.414 e. The number of alkyl halides is 4. The predicted octanol–water partition coefficient (Wildman–Crippen LogP) is 2.05. The molecule has 5 heteroatoms. The van der Waals surface area contributed by atoms with Crippen LogP contribution < -0.4 is 0 Å². The molecular formula is C7H10F4O. The van der Waals surface area contributed by atoms with Gasteiger partial charge in [0.1, 0.15) is 12.3 Å². The minimum Gasteiger partial charge on any atom is -0.384 e. The SMILES string of the molecule is O[C@H](CC1CC(F)C1)C(F)(F)F. The van der Waals surface area contributed by atoms with Crippen LogP contribution in [0, 0.1) is 5.92 Å². The molecule has 0 saturated heterocycles. The van der Waals surface area contributed by atoms with Gasteiger partial charge in [-0.2, -0.15) is 13.2 Å². The van der Waals surface area contributed by atoms with E-state index in [0.717, 1.165) is 0 Å². The van der Waals surface area contributed by atoms with Gasteiger partial charge in [0.05, 0.1) is 0 Å². The molecular weight excluding hydrogens is 176 g/mol. The van der Waals surface area contributed by atoms with Gasteiger partial charge in [0.25, 0.3) is 0 Å². The van der Waals surface area contributed by atoms with Crippen LogP contribution >= 0.6 is 0 Å². The van der Waals surface area contributed by atoms with Crippen LogP contribution in [0.4, 0.5) is 17.6 Å². The first-order chi connectivity index (χ1) is 5.39. The van der Waals surface area contributed by atoms with E-state index < -0.39 is 18.5 Å². The number of halogens is 4. The molecule has 0 aromatic rings. The topological polar surface area (TPSA) is 20.2 Å². The largest absolute Gasteiger partial charge is 0.414 e. The first-order valence-corrected chi connectivity index (χ1v) is 3.78. The van der Waals surface area contributed by atoms with Crippen LogP contribution in [0.2, 0.25) is 0 Å². The summed E-state index contributed by atoms with van der Waals surface area (Å²) in [6.45, 7) is 0. The van der Waals surface area contributed by atoms with E-state index in [2.05, 4.69) is 0 Å². The van der Waals surface area contributed by atoms with E-state index in [-0.39, 0.29) is 25.2 Å². The Morgan fingerprint density at radius 3 is 2.17 bits per heavy atom. The van der Waals surface area contributed by atoms with Crippen molar-refractivity contribution in [2.75, 3.05) is 0 Å². The molecule has 1 atom stereocenters. The van der Waals surface area contributed by atoms with Crippen molar-refractivity contribution in [3.8, 4) is 0 Å². The Bertz CT molecular complexity index is 150. The Hall–Kier alpha value is -0.320. The average molecular weight is 186 g/mol. The Kier molecular flexibility index (Phi) is 2.61. The standard InChI is InChI=1S/C7H10F4O/c8-5-1-4(2-5)3-6(12)7(9,10)11/h4-6,12H,1-3H2/t4?,5?,6-/m1/s1. The van der Waals surface area contributed by atoms with Crippen LogP contribution in [0.3, 0.4) is 0 Å². The Morgan fingerprint density at radius 1 is 1.33 bits per heavy atom. The summed E-state index contributed by atoms with van der Waals surface area (Å²) in [6.07, 6.45) is -7.84. The molecule has 12 heavy (non-hydrogen) atoms. The minimum absolute atomic E-state index is 0.160. The van der Waals surface area contributed by atoms with Crippen molar-refractivity contribution in [1.29, 1.82) is 0 Å². The second kappa shape index (κ2) is 3.20. The number of hydrogen-bond donors (Lipinski definition) is 1. The Labute approximate surface area is 67.4 Å². The number of aliphatic hydroxyl groups is 1. The second-order valence-corrected chi connectivity index (χ2v) is 3.23. The van der Waals surface area contributed by atoms with Gasteiger partial charge in [0.15, 0.2) is 0 Å². The highest BCUT2D eigenvalue weighted by Gasteiger charge is 2.42. The fourth-order valence-corrected chi connectivity index (χ4v) is 1.30. The average Bonchev–Trinajstić information content (AvgIpc) is 1.82. The molecule has 1 aliphatic rings. The normalized spacial score (nSPS) is 32.8. The van der Waals surface area contributed by atoms with Gasteiger partial charge < -0.3 is 5.11 Å². The third kappa shape index (κ3) is 2.33. The highest BCUT2D eigenvalue weighted by molar-refractivity contribution is 4.82. The van der Waals surface area contributed by atoms with E-state index in [1.165, 1.54) is 0 Å². The molecule has 0 unspecified atom stereocenters. The van der Waals surface area contributed by atoms with Crippen LogP contribution in [0.25, 0.3) is 0 Å². The molecule has 0 amide bonds. The zero-order valence-corrected chi connectivity index (χ0v) is 6.31. The summed E-state index contributed by atoms with van der Waals surface area (Å²) in [6, 6.07) is 0. The summed E-state index contributed by atoms with van der Waals surface area (Å²) in [5, 5.41) is 8.56. The van der Waals surface area contributed by atoms with Gasteiger partial charge >= 0.3 is 6.18 Å². The van der Waals surface area contributed by atoms with Gasteiger partial charge in [-0.15, -0.1) is 0 Å². The molecule has 0 aromatic carbocycles. The summed E-state index contributed by atoms with van der Waals surface area (Å²) in [5.74, 6) is -0.295. The quantitative estimate of drug-likeness (QED) is 0.654. The first kappa shape index (κ1) is 9.77. The Morgan fingerprint density at radius 2 is 1.83 bits per heavy atom. The second-order valence-electron chi connectivity index (χ2n) is 3.23. The van der Waals surface area contributed by atoms with E-state index in [1.807, 2.05) is 0 Å². The van der Waals surface area contributed by atoms with Crippen molar-refractivity contribution in [3.05, 3.63) is 0 Å². The molecule has 72 valence electrons. The van der Waals surface area contributed by atoms with E-state index in [4.69, 9.17) is 5.11 Å². The van der Waals surface area contributed by atoms with Gasteiger partial charge in [-0.25, -0.2) is 4.39 Å². The first-order valence-electron chi connectivity index (χ1n) is 3.78. The molecule has 1 aliphatic carbocycles. The van der Waals surface area contributed by atoms with Crippen molar-refractivity contribution in [2.45, 2.75) is 37.7 Å². The molecule has 0 radical (unpaired) electrons. The molecule has 0 bridgehead atoms. The van der Waals surface area contributed by atoms with Crippen molar-refractivity contribution >= 4 is 0 Å². The van der Waals surface area contributed by atoms with Crippen molar-refractivity contribution in [1.82, 2.24) is 0 Å². The van der Waals surface area contributed by atoms with Gasteiger partial charge in [-0.05, 0) is 25.2 Å². The molecule has 1 nitrogen and oxygen atoms in total. The molecule has 0 aromatic heterocycles. The summed E-state index contributed by atoms with van der Waals surface area (Å²) >= 11 is 0. The number of aliphatic hydroxyl groups excluding tert-OH is 1. The van der Waals surface area contributed by atoms with E-state index >= 15 is 0 Å². The number of rotatable bonds is 2. The van der Waals surface area contributed by atoms with Crippen LogP contribution in [0.5, 0.6) is 0 Å². The van der Waals surface area contributed by atoms with Crippen molar-refractivity contribution in [3.63, 3.8) is 0 Å². The summed E-state index contributed by atoms with van der Waals surface area (Å²) < 4.78 is 47.3. The molecule has 0 aliphatic heterocycles. The fourth-order valence-electron chi connectivity index (χ4n) is 1.30. The smallest absolute Gasteiger partial charge is 0.384 e. The van der Waals surface area contributed by atoms with Gasteiger partial charge in [-0.1, -0.05) is 0 Å². The van der Waals surface area contributed by atoms with Gasteiger partial charge in [0, 0.05) is 0 Å². The molecule has 1 fully saturated rings. The summed E-state index contributed by atoms with van der Waals surface area (Å²) in [7, 11) is 0. The maximum absolute atomic E-state index is 12.2. The van der Waals surface area contributed by atoms with Crippen LogP contribution in [0.15, 0.2) is 0 Å². The summed E-state index contributed by atoms with van der Waals surface area (Å²) in [5.41, 5.74) is 0. The lowest BCUT2D eigenvalue weighted by atomic mass is 9.80. The lowest BCUT2D eigenvalue weighted by Crippen LogP contribution is -2.35. The lowest BCUT2D eigenvalue weighted by Gasteiger charge is -2.31. The molecule has 1 saturated carbocycles. The lowest BCUT2D eigenvalue weighted by molar-refractivity contribution is -0.211. The maximum atomic E-state index is 12.2. The van der Waals surface area contributed by atoms with Gasteiger partial charge in [0.2, 0.25) is 0 Å². The number of hydrogen-bond acceptors (Lipinski definition) is 1. The molecule has 1 N–H and O–H groups in total. The minimum atomic E-state index is -4.55. The Balaban J connectivity index is 2.23. The monoisotopic (exact) mass is 186 g/mol. The highest BCUT2D eigenvalue weighted by Crippen LogP contribution is 2.36. The zero-order chi connectivity index (χ0) is 9.35. The molecule has 0 spiro atoms. The van der Waals surface area contributed by atoms with Crippen molar-refractivity contribution < 1.29 is 22.7 Å². The molecule has 0 heterocycles. The van der Waals surface area contributed by atoms with Gasteiger partial charge in [-0.3, -0.25) is 0 Å². The predicted molar refractivity (Wildman–Crippen MR) is 34.3 cm³/mol.